The Morgan fingerprint density at radius 2 is 1.83 bits per heavy atom. The molecule has 152 valence electrons. The van der Waals surface area contributed by atoms with Gasteiger partial charge in [0, 0.05) is 23.4 Å². The molecule has 0 aliphatic heterocycles. The van der Waals surface area contributed by atoms with E-state index in [4.69, 9.17) is 0 Å². The van der Waals surface area contributed by atoms with Crippen LogP contribution in [0.3, 0.4) is 0 Å². The number of hydrogen-bond acceptors (Lipinski definition) is 4. The standard InChI is InChI=1S/C22H27N5O2/c1-13-14(2)24-22(25-21(13)29)27-17(5)19(16(4)26-27)11-12-20(28)23-15(3)18-9-7-6-8-10-18/h6-10,15H,11-12H2,1-5H3,(H,23,28)(H,24,25,29)/t15-/m0/s1. The van der Waals surface area contributed by atoms with Gasteiger partial charge in [-0.3, -0.25) is 14.6 Å². The van der Waals surface area contributed by atoms with Crippen LogP contribution in [0.2, 0.25) is 0 Å². The number of carbonyl (C=O) groups excluding carboxylic acids is 1. The molecule has 1 amide bonds. The first kappa shape index (κ1) is 20.5. The van der Waals surface area contributed by atoms with E-state index in [-0.39, 0.29) is 17.5 Å². The van der Waals surface area contributed by atoms with E-state index < -0.39 is 0 Å². The number of rotatable bonds is 6. The van der Waals surface area contributed by atoms with Crippen LogP contribution < -0.4 is 10.9 Å². The van der Waals surface area contributed by atoms with Crippen LogP contribution in [-0.4, -0.2) is 25.7 Å². The van der Waals surface area contributed by atoms with Crippen LogP contribution >= 0.6 is 0 Å². The van der Waals surface area contributed by atoms with Crippen LogP contribution in [0.4, 0.5) is 0 Å². The SMILES string of the molecule is Cc1nn(-c2nc(C)c(C)c(=O)[nH]2)c(C)c1CCC(=O)N[C@@H](C)c1ccccc1. The van der Waals surface area contributed by atoms with Crippen molar-refractivity contribution in [3.8, 4) is 5.95 Å². The molecule has 7 heteroatoms. The van der Waals surface area contributed by atoms with Crippen molar-refractivity contribution in [1.29, 1.82) is 0 Å². The van der Waals surface area contributed by atoms with Crippen molar-refractivity contribution in [2.24, 2.45) is 0 Å². The first-order chi connectivity index (χ1) is 13.8. The van der Waals surface area contributed by atoms with Gasteiger partial charge in [0.25, 0.3) is 5.56 Å². The number of aromatic nitrogens is 4. The number of H-pyrrole nitrogens is 1. The lowest BCUT2D eigenvalue weighted by atomic mass is 10.1. The van der Waals surface area contributed by atoms with Crippen molar-refractivity contribution in [2.45, 2.75) is 53.5 Å². The summed E-state index contributed by atoms with van der Waals surface area (Å²) < 4.78 is 1.64. The highest BCUT2D eigenvalue weighted by Crippen LogP contribution is 2.18. The van der Waals surface area contributed by atoms with Crippen LogP contribution in [0.25, 0.3) is 5.95 Å². The Morgan fingerprint density at radius 1 is 1.14 bits per heavy atom. The summed E-state index contributed by atoms with van der Waals surface area (Å²) in [5.74, 6) is 0.387. The predicted octanol–water partition coefficient (Wildman–Crippen LogP) is 3.00. The lowest BCUT2D eigenvalue weighted by molar-refractivity contribution is -0.121. The second-order valence-corrected chi connectivity index (χ2v) is 7.36. The average Bonchev–Trinajstić information content (AvgIpc) is 2.98. The molecule has 3 rings (SSSR count). The van der Waals surface area contributed by atoms with Crippen LogP contribution in [-0.2, 0) is 11.2 Å². The molecule has 1 aromatic carbocycles. The number of benzene rings is 1. The van der Waals surface area contributed by atoms with Gasteiger partial charge in [0.05, 0.1) is 11.7 Å². The molecule has 0 fully saturated rings. The molecule has 0 aliphatic rings. The maximum Gasteiger partial charge on any atom is 0.255 e. The number of amides is 1. The fraction of sp³-hybridized carbons (Fsp3) is 0.364. The number of nitrogens with one attached hydrogen (secondary N) is 2. The molecule has 0 saturated heterocycles. The van der Waals surface area contributed by atoms with Gasteiger partial charge in [-0.2, -0.15) is 5.10 Å². The Kier molecular flexibility index (Phi) is 5.96. The van der Waals surface area contributed by atoms with Gasteiger partial charge in [-0.25, -0.2) is 9.67 Å². The summed E-state index contributed by atoms with van der Waals surface area (Å²) in [7, 11) is 0. The van der Waals surface area contributed by atoms with Crippen molar-refractivity contribution in [2.75, 3.05) is 0 Å². The van der Waals surface area contributed by atoms with E-state index >= 15 is 0 Å². The second kappa shape index (κ2) is 8.43. The second-order valence-electron chi connectivity index (χ2n) is 7.36. The average molecular weight is 393 g/mol. The molecular weight excluding hydrogens is 366 g/mol. The molecule has 2 aromatic heterocycles. The normalized spacial score (nSPS) is 12.0. The van der Waals surface area contributed by atoms with Gasteiger partial charge in [-0.1, -0.05) is 30.3 Å². The van der Waals surface area contributed by atoms with E-state index in [1.165, 1.54) is 0 Å². The highest BCUT2D eigenvalue weighted by molar-refractivity contribution is 5.76. The Balaban J connectivity index is 1.72. The van der Waals surface area contributed by atoms with E-state index in [2.05, 4.69) is 20.4 Å². The predicted molar refractivity (Wildman–Crippen MR) is 112 cm³/mol. The molecular formula is C22H27N5O2. The lowest BCUT2D eigenvalue weighted by Gasteiger charge is -2.14. The van der Waals surface area contributed by atoms with Gasteiger partial charge in [-0.15, -0.1) is 0 Å². The molecule has 0 aliphatic carbocycles. The first-order valence-corrected chi connectivity index (χ1v) is 9.75. The number of aromatic amines is 1. The topological polar surface area (TPSA) is 92.7 Å². The molecule has 0 unspecified atom stereocenters. The van der Waals surface area contributed by atoms with E-state index in [0.29, 0.717) is 30.0 Å². The monoisotopic (exact) mass is 393 g/mol. The Bertz CT molecular complexity index is 1080. The first-order valence-electron chi connectivity index (χ1n) is 9.75. The highest BCUT2D eigenvalue weighted by Gasteiger charge is 2.17. The molecule has 0 spiro atoms. The summed E-state index contributed by atoms with van der Waals surface area (Å²) in [6.45, 7) is 9.35. The smallest absolute Gasteiger partial charge is 0.255 e. The Labute approximate surface area is 170 Å². The maximum atomic E-state index is 12.4. The van der Waals surface area contributed by atoms with E-state index in [0.717, 1.165) is 22.5 Å². The van der Waals surface area contributed by atoms with Crippen molar-refractivity contribution in [3.05, 3.63) is 74.5 Å². The number of nitrogens with zero attached hydrogens (tertiary/aromatic N) is 3. The van der Waals surface area contributed by atoms with E-state index in [1.807, 2.05) is 51.1 Å². The lowest BCUT2D eigenvalue weighted by Crippen LogP contribution is -2.26. The van der Waals surface area contributed by atoms with Crippen LogP contribution in [0, 0.1) is 27.7 Å². The van der Waals surface area contributed by atoms with Gasteiger partial charge in [0.1, 0.15) is 0 Å². The summed E-state index contributed by atoms with van der Waals surface area (Å²) in [6, 6.07) is 9.84. The van der Waals surface area contributed by atoms with Crippen molar-refractivity contribution in [1.82, 2.24) is 25.1 Å². The number of carbonyl (C=O) groups is 1. The largest absolute Gasteiger partial charge is 0.350 e. The highest BCUT2D eigenvalue weighted by atomic mass is 16.1. The fourth-order valence-corrected chi connectivity index (χ4v) is 3.35. The number of aryl methyl sites for hydroxylation is 2. The molecule has 1 atom stereocenters. The third kappa shape index (κ3) is 4.45. The molecule has 0 saturated carbocycles. The quantitative estimate of drug-likeness (QED) is 0.673. The van der Waals surface area contributed by atoms with E-state index in [9.17, 15) is 9.59 Å². The van der Waals surface area contributed by atoms with Gasteiger partial charge in [0.2, 0.25) is 11.9 Å². The molecule has 3 aromatic rings. The minimum Gasteiger partial charge on any atom is -0.350 e. The molecule has 0 bridgehead atoms. The molecule has 2 N–H and O–H groups in total. The third-order valence-electron chi connectivity index (χ3n) is 5.30. The molecule has 2 heterocycles. The van der Waals surface area contributed by atoms with Crippen LogP contribution in [0.15, 0.2) is 35.1 Å². The summed E-state index contributed by atoms with van der Waals surface area (Å²) in [5, 5.41) is 7.57. The minimum atomic E-state index is -0.170. The van der Waals surface area contributed by atoms with E-state index in [1.54, 1.807) is 18.5 Å². The zero-order valence-electron chi connectivity index (χ0n) is 17.5. The molecule has 7 nitrogen and oxygen atoms in total. The summed E-state index contributed by atoms with van der Waals surface area (Å²) in [4.78, 5) is 31.7. The van der Waals surface area contributed by atoms with Crippen molar-refractivity contribution >= 4 is 5.91 Å². The van der Waals surface area contributed by atoms with Crippen LogP contribution in [0.5, 0.6) is 0 Å². The van der Waals surface area contributed by atoms with Crippen molar-refractivity contribution in [3.63, 3.8) is 0 Å². The zero-order valence-corrected chi connectivity index (χ0v) is 17.5. The maximum absolute atomic E-state index is 12.4. The summed E-state index contributed by atoms with van der Waals surface area (Å²) in [6.07, 6.45) is 0.932. The van der Waals surface area contributed by atoms with Gasteiger partial charge >= 0.3 is 0 Å². The van der Waals surface area contributed by atoms with Gasteiger partial charge in [-0.05, 0) is 52.2 Å². The minimum absolute atomic E-state index is 0.00869. The van der Waals surface area contributed by atoms with Gasteiger partial charge < -0.3 is 5.32 Å². The Hall–Kier alpha value is -3.22. The van der Waals surface area contributed by atoms with Crippen LogP contribution in [0.1, 0.15) is 53.2 Å². The summed E-state index contributed by atoms with van der Waals surface area (Å²) in [5.41, 5.74) is 4.87. The Morgan fingerprint density at radius 3 is 2.48 bits per heavy atom. The molecule has 0 radical (unpaired) electrons. The molecule has 29 heavy (non-hydrogen) atoms. The van der Waals surface area contributed by atoms with Crippen molar-refractivity contribution < 1.29 is 4.79 Å². The number of hydrogen-bond donors (Lipinski definition) is 2. The van der Waals surface area contributed by atoms with Gasteiger partial charge in [0.15, 0.2) is 0 Å². The fourth-order valence-electron chi connectivity index (χ4n) is 3.35. The third-order valence-corrected chi connectivity index (χ3v) is 5.30. The summed E-state index contributed by atoms with van der Waals surface area (Å²) >= 11 is 0. The zero-order chi connectivity index (χ0) is 21.1.